The number of non-ortho nitro benzene ring substituents is 1. The largest absolute Gasteiger partial charge is 0.269 e. The fourth-order valence-corrected chi connectivity index (χ4v) is 2.03. The van der Waals surface area contributed by atoms with Crippen LogP contribution in [-0.4, -0.2) is 4.92 Å². The van der Waals surface area contributed by atoms with Crippen molar-refractivity contribution in [2.24, 2.45) is 0 Å². The maximum Gasteiger partial charge on any atom is 0.269 e. The highest BCUT2D eigenvalue weighted by Gasteiger charge is 2.32. The van der Waals surface area contributed by atoms with E-state index in [1.807, 2.05) is 12.1 Å². The number of nitrogens with zero attached hydrogens (tertiary/aromatic N) is 4. The molecular formula is C14H12N4O2. The van der Waals surface area contributed by atoms with Crippen LogP contribution in [0.5, 0.6) is 0 Å². The molecule has 6 heteroatoms. The predicted molar refractivity (Wildman–Crippen MR) is 70.1 cm³/mol. The first-order chi connectivity index (χ1) is 9.59. The summed E-state index contributed by atoms with van der Waals surface area (Å²) < 4.78 is 0. The molecule has 1 aromatic rings. The van der Waals surface area contributed by atoms with Crippen LogP contribution in [0.4, 0.5) is 5.69 Å². The zero-order chi connectivity index (χ0) is 15.0. The third-order valence-electron chi connectivity index (χ3n) is 3.17. The molecule has 1 aromatic carbocycles. The fraction of sp³-hybridized carbons (Fsp3) is 0.357. The molecule has 0 aromatic heterocycles. The number of rotatable bonds is 6. The normalized spacial score (nSPS) is 10.1. The van der Waals surface area contributed by atoms with E-state index in [0.717, 1.165) is 0 Å². The maximum absolute atomic E-state index is 10.6. The topological polar surface area (TPSA) is 115 Å². The third-order valence-corrected chi connectivity index (χ3v) is 3.17. The number of benzene rings is 1. The Kier molecular flexibility index (Phi) is 5.21. The van der Waals surface area contributed by atoms with Gasteiger partial charge in [-0.3, -0.25) is 10.1 Å². The van der Waals surface area contributed by atoms with Gasteiger partial charge in [-0.1, -0.05) is 12.1 Å². The second-order valence-corrected chi connectivity index (χ2v) is 4.31. The first-order valence-electron chi connectivity index (χ1n) is 6.00. The molecule has 0 heterocycles. The van der Waals surface area contributed by atoms with Gasteiger partial charge in [-0.2, -0.15) is 15.8 Å². The van der Waals surface area contributed by atoms with Crippen LogP contribution in [0, 0.1) is 44.1 Å². The number of hydrogen-bond acceptors (Lipinski definition) is 5. The summed E-state index contributed by atoms with van der Waals surface area (Å²) in [4.78, 5) is 10.1. The molecule has 0 unspecified atom stereocenters. The van der Waals surface area contributed by atoms with Crippen LogP contribution in [0.1, 0.15) is 31.2 Å². The fourth-order valence-electron chi connectivity index (χ4n) is 2.03. The Balaban J connectivity index is 3.15. The third kappa shape index (κ3) is 3.31. The summed E-state index contributed by atoms with van der Waals surface area (Å²) in [6, 6.07) is 11.9. The zero-order valence-electron chi connectivity index (χ0n) is 10.7. The maximum atomic E-state index is 10.6. The smallest absolute Gasteiger partial charge is 0.258 e. The summed E-state index contributed by atoms with van der Waals surface area (Å²) in [7, 11) is 0. The van der Waals surface area contributed by atoms with Crippen molar-refractivity contribution < 1.29 is 4.92 Å². The Hall–Kier alpha value is -2.91. The second kappa shape index (κ2) is 6.87. The van der Waals surface area contributed by atoms with E-state index in [1.54, 1.807) is 0 Å². The molecule has 0 aliphatic heterocycles. The van der Waals surface area contributed by atoms with E-state index in [1.165, 1.54) is 24.3 Å². The van der Waals surface area contributed by atoms with E-state index in [2.05, 4.69) is 6.07 Å². The molecule has 0 amide bonds. The average molecular weight is 268 g/mol. The van der Waals surface area contributed by atoms with Gasteiger partial charge in [0, 0.05) is 25.0 Å². The van der Waals surface area contributed by atoms with Gasteiger partial charge in [0.1, 0.15) is 0 Å². The molecular weight excluding hydrogens is 256 g/mol. The van der Waals surface area contributed by atoms with Gasteiger partial charge in [-0.25, -0.2) is 0 Å². The van der Waals surface area contributed by atoms with E-state index >= 15 is 0 Å². The van der Waals surface area contributed by atoms with Crippen LogP contribution >= 0.6 is 0 Å². The molecule has 0 spiro atoms. The Morgan fingerprint density at radius 3 is 1.90 bits per heavy atom. The van der Waals surface area contributed by atoms with Gasteiger partial charge >= 0.3 is 0 Å². The highest BCUT2D eigenvalue weighted by molar-refractivity contribution is 5.40. The highest BCUT2D eigenvalue weighted by atomic mass is 16.6. The molecule has 0 atom stereocenters. The lowest BCUT2D eigenvalue weighted by molar-refractivity contribution is -0.384. The molecule has 0 bridgehead atoms. The van der Waals surface area contributed by atoms with Gasteiger partial charge < -0.3 is 0 Å². The van der Waals surface area contributed by atoms with Crippen LogP contribution in [-0.2, 0) is 5.41 Å². The quantitative estimate of drug-likeness (QED) is 0.581. The van der Waals surface area contributed by atoms with E-state index < -0.39 is 10.3 Å². The van der Waals surface area contributed by atoms with Crippen LogP contribution in [0.2, 0.25) is 0 Å². The van der Waals surface area contributed by atoms with Crippen molar-refractivity contribution in [3.63, 3.8) is 0 Å². The molecule has 20 heavy (non-hydrogen) atoms. The molecule has 100 valence electrons. The van der Waals surface area contributed by atoms with Crippen molar-refractivity contribution in [1.29, 1.82) is 15.8 Å². The molecule has 0 saturated heterocycles. The molecule has 0 fully saturated rings. The molecule has 0 radical (unpaired) electrons. The number of nitriles is 3. The van der Waals surface area contributed by atoms with E-state index in [0.29, 0.717) is 18.4 Å². The van der Waals surface area contributed by atoms with Crippen molar-refractivity contribution in [3.05, 3.63) is 39.9 Å². The van der Waals surface area contributed by atoms with E-state index in [9.17, 15) is 15.4 Å². The summed E-state index contributed by atoms with van der Waals surface area (Å²) in [5, 5.41) is 37.5. The Labute approximate surface area is 116 Å². The molecule has 0 aliphatic carbocycles. The SMILES string of the molecule is N#CCCC(C#N)(CCC#N)c1ccc([N+](=O)[O-])cc1. The molecule has 0 N–H and O–H groups in total. The Bertz CT molecular complexity index is 584. The number of hydrogen-bond donors (Lipinski definition) is 0. The lowest BCUT2D eigenvalue weighted by Crippen LogP contribution is -2.24. The minimum absolute atomic E-state index is 0.0545. The predicted octanol–water partition coefficient (Wildman–Crippen LogP) is 2.96. The van der Waals surface area contributed by atoms with Crippen molar-refractivity contribution >= 4 is 5.69 Å². The van der Waals surface area contributed by atoms with E-state index in [4.69, 9.17) is 10.5 Å². The summed E-state index contributed by atoms with van der Waals surface area (Å²) in [6.45, 7) is 0. The monoisotopic (exact) mass is 268 g/mol. The van der Waals surface area contributed by atoms with Crippen molar-refractivity contribution in [2.75, 3.05) is 0 Å². The average Bonchev–Trinajstić information content (AvgIpc) is 2.48. The summed E-state index contributed by atoms with van der Waals surface area (Å²) in [5.74, 6) is 0. The minimum atomic E-state index is -0.944. The van der Waals surface area contributed by atoms with Gasteiger partial charge in [-0.05, 0) is 18.4 Å². The first kappa shape index (κ1) is 15.1. The number of nitro benzene ring substituents is 1. The summed E-state index contributed by atoms with van der Waals surface area (Å²) in [5.41, 5.74) is -0.391. The molecule has 0 aliphatic rings. The Morgan fingerprint density at radius 2 is 1.55 bits per heavy atom. The standard InChI is InChI=1S/C14H12N4O2/c15-9-1-7-14(11-17,8-2-10-16)12-3-5-13(6-4-12)18(19)20/h3-6H,1-2,7-8H2. The van der Waals surface area contributed by atoms with Crippen LogP contribution in [0.15, 0.2) is 24.3 Å². The molecule has 6 nitrogen and oxygen atoms in total. The van der Waals surface area contributed by atoms with Crippen molar-refractivity contribution in [1.82, 2.24) is 0 Å². The van der Waals surface area contributed by atoms with Gasteiger partial charge in [0.15, 0.2) is 0 Å². The van der Waals surface area contributed by atoms with E-state index in [-0.39, 0.29) is 18.5 Å². The van der Waals surface area contributed by atoms with Gasteiger partial charge in [0.2, 0.25) is 0 Å². The molecule has 1 rings (SSSR count). The Morgan fingerprint density at radius 1 is 1.05 bits per heavy atom. The lowest BCUT2D eigenvalue weighted by Gasteiger charge is -2.25. The molecule has 0 saturated carbocycles. The van der Waals surface area contributed by atoms with Gasteiger partial charge in [0.25, 0.3) is 5.69 Å². The van der Waals surface area contributed by atoms with Gasteiger partial charge in [-0.15, -0.1) is 0 Å². The van der Waals surface area contributed by atoms with Crippen LogP contribution in [0.25, 0.3) is 0 Å². The highest BCUT2D eigenvalue weighted by Crippen LogP contribution is 2.34. The summed E-state index contributed by atoms with van der Waals surface area (Å²) in [6.07, 6.45) is 0.991. The van der Waals surface area contributed by atoms with Crippen LogP contribution < -0.4 is 0 Å². The van der Waals surface area contributed by atoms with Crippen molar-refractivity contribution in [2.45, 2.75) is 31.1 Å². The number of nitro groups is 1. The minimum Gasteiger partial charge on any atom is -0.258 e. The van der Waals surface area contributed by atoms with Gasteiger partial charge in [0.05, 0.1) is 28.5 Å². The second-order valence-electron chi connectivity index (χ2n) is 4.31. The van der Waals surface area contributed by atoms with Crippen molar-refractivity contribution in [3.8, 4) is 18.2 Å². The summed E-state index contributed by atoms with van der Waals surface area (Å²) >= 11 is 0. The lowest BCUT2D eigenvalue weighted by atomic mass is 9.74. The first-order valence-corrected chi connectivity index (χ1v) is 6.00. The van der Waals surface area contributed by atoms with Crippen LogP contribution in [0.3, 0.4) is 0 Å². The zero-order valence-corrected chi connectivity index (χ0v) is 10.7.